The van der Waals surface area contributed by atoms with Crippen LogP contribution in [0.3, 0.4) is 0 Å². The van der Waals surface area contributed by atoms with Gasteiger partial charge in [0.1, 0.15) is 0 Å². The molecule has 0 bridgehead atoms. The fraction of sp³-hybridized carbons (Fsp3) is 0.769. The average molecular weight is 497 g/mol. The van der Waals surface area contributed by atoms with Crippen molar-refractivity contribution in [2.24, 2.45) is 0 Å². The Morgan fingerprint density at radius 2 is 1.15 bits per heavy atom. The standard InChI is InChI=1S/C26H41F5O3/c1-5-9-10-14-17-24(28,29)25(30,31)23(27,21-22-15-12-11-13-16-22)26(32-18-6-2,33-19-7-3)34-20-8-4/h11-13,15-16H,5-10,14,17-21H2,1-4H3. The van der Waals surface area contributed by atoms with Crippen LogP contribution in [-0.2, 0) is 20.6 Å². The number of hydrogen-bond acceptors (Lipinski definition) is 3. The van der Waals surface area contributed by atoms with Crippen LogP contribution in [-0.4, -0.2) is 43.3 Å². The third-order valence-corrected chi connectivity index (χ3v) is 5.57. The zero-order valence-corrected chi connectivity index (χ0v) is 21.0. The molecule has 8 heteroatoms. The molecular weight excluding hydrogens is 455 g/mol. The van der Waals surface area contributed by atoms with E-state index in [-0.39, 0.29) is 31.8 Å². The summed E-state index contributed by atoms with van der Waals surface area (Å²) in [7, 11) is 0. The van der Waals surface area contributed by atoms with Gasteiger partial charge in [0.25, 0.3) is 5.67 Å². The van der Waals surface area contributed by atoms with Crippen LogP contribution in [0.1, 0.15) is 84.6 Å². The highest BCUT2D eigenvalue weighted by molar-refractivity contribution is 5.21. The summed E-state index contributed by atoms with van der Waals surface area (Å²) in [6, 6.07) is 7.52. The van der Waals surface area contributed by atoms with Crippen molar-refractivity contribution >= 4 is 0 Å². The van der Waals surface area contributed by atoms with Gasteiger partial charge >= 0.3 is 17.8 Å². The zero-order valence-electron chi connectivity index (χ0n) is 21.0. The van der Waals surface area contributed by atoms with Crippen LogP contribution in [0.15, 0.2) is 30.3 Å². The first-order chi connectivity index (χ1) is 16.1. The van der Waals surface area contributed by atoms with Gasteiger partial charge in [0.2, 0.25) is 0 Å². The Kier molecular flexibility index (Phi) is 13.0. The van der Waals surface area contributed by atoms with Gasteiger partial charge in [0, 0.05) is 12.8 Å². The number of unbranched alkanes of at least 4 members (excludes halogenated alkanes) is 3. The summed E-state index contributed by atoms with van der Waals surface area (Å²) in [5.74, 6) is -12.8. The van der Waals surface area contributed by atoms with Crippen LogP contribution in [0.5, 0.6) is 0 Å². The monoisotopic (exact) mass is 496 g/mol. The van der Waals surface area contributed by atoms with Crippen LogP contribution in [0.2, 0.25) is 0 Å². The van der Waals surface area contributed by atoms with Crippen molar-refractivity contribution in [1.29, 1.82) is 0 Å². The summed E-state index contributed by atoms with van der Waals surface area (Å²) < 4.78 is 95.6. The van der Waals surface area contributed by atoms with Crippen molar-refractivity contribution in [2.45, 2.75) is 109 Å². The van der Waals surface area contributed by atoms with Gasteiger partial charge in [-0.1, -0.05) is 77.3 Å². The third-order valence-electron chi connectivity index (χ3n) is 5.57. The van der Waals surface area contributed by atoms with E-state index in [1.54, 1.807) is 26.8 Å². The van der Waals surface area contributed by atoms with Gasteiger partial charge in [-0.05, 0) is 31.2 Å². The minimum absolute atomic E-state index is 0.108. The number of alkyl halides is 5. The molecule has 1 atom stereocenters. The molecule has 0 aliphatic heterocycles. The Morgan fingerprint density at radius 3 is 1.59 bits per heavy atom. The number of benzene rings is 1. The summed E-state index contributed by atoms with van der Waals surface area (Å²) in [5.41, 5.74) is -3.90. The highest BCUT2D eigenvalue weighted by Crippen LogP contribution is 2.54. The molecule has 0 saturated heterocycles. The lowest BCUT2D eigenvalue weighted by Gasteiger charge is -2.48. The largest absolute Gasteiger partial charge is 0.351 e. The maximum absolute atomic E-state index is 17.0. The fourth-order valence-corrected chi connectivity index (χ4v) is 3.69. The van der Waals surface area contributed by atoms with Gasteiger partial charge in [0.05, 0.1) is 19.8 Å². The average Bonchev–Trinajstić information content (AvgIpc) is 2.82. The quantitative estimate of drug-likeness (QED) is 0.110. The van der Waals surface area contributed by atoms with E-state index < -0.39 is 36.3 Å². The lowest BCUT2D eigenvalue weighted by atomic mass is 9.82. The van der Waals surface area contributed by atoms with Gasteiger partial charge in [-0.15, -0.1) is 0 Å². The molecule has 1 rings (SSSR count). The second-order valence-corrected chi connectivity index (χ2v) is 8.65. The summed E-state index contributed by atoms with van der Waals surface area (Å²) >= 11 is 0. The Balaban J connectivity index is 3.63. The van der Waals surface area contributed by atoms with E-state index >= 15 is 22.0 Å². The van der Waals surface area contributed by atoms with E-state index in [9.17, 15) is 0 Å². The van der Waals surface area contributed by atoms with Crippen molar-refractivity contribution in [2.75, 3.05) is 19.8 Å². The Bertz CT molecular complexity index is 650. The smallest absolute Gasteiger partial charge is 0.325 e. The predicted octanol–water partition coefficient (Wildman–Crippen LogP) is 8.11. The van der Waals surface area contributed by atoms with Crippen molar-refractivity contribution in [3.63, 3.8) is 0 Å². The number of hydrogen-bond donors (Lipinski definition) is 0. The molecular formula is C26H41F5O3. The number of rotatable bonds is 19. The highest BCUT2D eigenvalue weighted by Gasteiger charge is 2.78. The van der Waals surface area contributed by atoms with E-state index in [1.165, 1.54) is 24.3 Å². The zero-order chi connectivity index (χ0) is 25.7. The molecule has 0 heterocycles. The van der Waals surface area contributed by atoms with Crippen LogP contribution >= 0.6 is 0 Å². The van der Waals surface area contributed by atoms with E-state index in [2.05, 4.69) is 0 Å². The maximum Gasteiger partial charge on any atom is 0.351 e. The van der Waals surface area contributed by atoms with Crippen molar-refractivity contribution in [3.05, 3.63) is 35.9 Å². The second-order valence-electron chi connectivity index (χ2n) is 8.65. The Morgan fingerprint density at radius 1 is 0.647 bits per heavy atom. The molecule has 0 spiro atoms. The van der Waals surface area contributed by atoms with Crippen LogP contribution in [0, 0.1) is 0 Å². The lowest BCUT2D eigenvalue weighted by molar-refractivity contribution is -0.468. The Hall–Kier alpha value is -1.25. The summed E-state index contributed by atoms with van der Waals surface area (Å²) in [6.07, 6.45) is 0.367. The normalized spacial score (nSPS) is 14.9. The van der Waals surface area contributed by atoms with Gasteiger partial charge in [-0.3, -0.25) is 0 Å². The summed E-state index contributed by atoms with van der Waals surface area (Å²) in [5, 5.41) is 0. The molecule has 0 aliphatic carbocycles. The first kappa shape index (κ1) is 30.8. The lowest BCUT2D eigenvalue weighted by Crippen LogP contribution is -2.71. The first-order valence-corrected chi connectivity index (χ1v) is 12.5. The van der Waals surface area contributed by atoms with E-state index in [0.29, 0.717) is 32.1 Å². The SMILES string of the molecule is CCCCCCC(F)(F)C(F)(F)C(F)(Cc1ccccc1)C(OCCC)(OCCC)OCCC. The van der Waals surface area contributed by atoms with Crippen molar-refractivity contribution < 1.29 is 36.2 Å². The molecule has 0 aliphatic rings. The molecule has 34 heavy (non-hydrogen) atoms. The van der Waals surface area contributed by atoms with E-state index in [1.807, 2.05) is 6.92 Å². The molecule has 0 N–H and O–H groups in total. The molecule has 3 nitrogen and oxygen atoms in total. The second kappa shape index (κ2) is 14.3. The Labute approximate surface area is 201 Å². The van der Waals surface area contributed by atoms with Crippen molar-refractivity contribution in [3.8, 4) is 0 Å². The van der Waals surface area contributed by atoms with Gasteiger partial charge in [-0.25, -0.2) is 4.39 Å². The molecule has 0 amide bonds. The van der Waals surface area contributed by atoms with Crippen LogP contribution in [0.4, 0.5) is 22.0 Å². The van der Waals surface area contributed by atoms with Crippen LogP contribution < -0.4 is 0 Å². The molecule has 1 aromatic rings. The predicted molar refractivity (Wildman–Crippen MR) is 124 cm³/mol. The van der Waals surface area contributed by atoms with E-state index in [4.69, 9.17) is 14.2 Å². The highest BCUT2D eigenvalue weighted by atomic mass is 19.3. The molecule has 0 aromatic heterocycles. The molecule has 1 aromatic carbocycles. The number of ether oxygens (including phenoxy) is 3. The number of halogens is 5. The summed E-state index contributed by atoms with van der Waals surface area (Å²) in [6.45, 7) is 6.37. The topological polar surface area (TPSA) is 27.7 Å². The third kappa shape index (κ3) is 7.37. The van der Waals surface area contributed by atoms with E-state index in [0.717, 1.165) is 6.42 Å². The minimum atomic E-state index is -5.14. The van der Waals surface area contributed by atoms with Gasteiger partial charge in [0.15, 0.2) is 0 Å². The molecule has 198 valence electrons. The molecule has 0 fully saturated rings. The van der Waals surface area contributed by atoms with Gasteiger partial charge < -0.3 is 14.2 Å². The molecule has 0 saturated carbocycles. The molecule has 1 unspecified atom stereocenters. The maximum atomic E-state index is 17.0. The van der Waals surface area contributed by atoms with Crippen LogP contribution in [0.25, 0.3) is 0 Å². The minimum Gasteiger partial charge on any atom is -0.325 e. The summed E-state index contributed by atoms with van der Waals surface area (Å²) in [4.78, 5) is 0. The first-order valence-electron chi connectivity index (χ1n) is 12.5. The fourth-order valence-electron chi connectivity index (χ4n) is 3.69. The van der Waals surface area contributed by atoms with Gasteiger partial charge in [-0.2, -0.15) is 17.6 Å². The van der Waals surface area contributed by atoms with Crippen molar-refractivity contribution in [1.82, 2.24) is 0 Å². The molecule has 0 radical (unpaired) electrons.